The minimum absolute atomic E-state index is 0. The Bertz CT molecular complexity index is 213. The van der Waals surface area contributed by atoms with Gasteiger partial charge in [0.2, 0.25) is 0 Å². The topological polar surface area (TPSA) is 42.7 Å². The van der Waals surface area contributed by atoms with Gasteiger partial charge in [-0.25, -0.2) is 10.4 Å². The Balaban J connectivity index is 0.00000196. The predicted octanol–water partition coefficient (Wildman–Crippen LogP) is 1.53. The molecule has 4 nitrogen and oxygen atoms in total. The molecular weight excluding hydrogens is 212 g/mol. The van der Waals surface area contributed by atoms with Crippen LogP contribution >= 0.6 is 12.4 Å². The van der Waals surface area contributed by atoms with Crippen LogP contribution in [0.25, 0.3) is 0 Å². The van der Waals surface area contributed by atoms with Crippen molar-refractivity contribution in [1.29, 1.82) is 5.41 Å². The summed E-state index contributed by atoms with van der Waals surface area (Å²) >= 11 is 0. The normalized spacial score (nSPS) is 21.1. The molecule has 1 atom stereocenters. The van der Waals surface area contributed by atoms with Crippen LogP contribution in [-0.4, -0.2) is 55.7 Å². The molecule has 0 bridgehead atoms. The molecular formula is C10H21ClN4. The summed E-state index contributed by atoms with van der Waals surface area (Å²) in [7, 11) is 4.19. The molecule has 88 valence electrons. The first-order chi connectivity index (χ1) is 6.74. The average molecular weight is 233 g/mol. The highest BCUT2D eigenvalue weighted by Crippen LogP contribution is 2.17. The minimum Gasteiger partial charge on any atom is -0.309 e. The van der Waals surface area contributed by atoms with E-state index < -0.39 is 0 Å². The quantitative estimate of drug-likeness (QED) is 0.731. The van der Waals surface area contributed by atoms with Gasteiger partial charge in [0.25, 0.3) is 0 Å². The van der Waals surface area contributed by atoms with Gasteiger partial charge in [-0.3, -0.25) is 4.90 Å². The summed E-state index contributed by atoms with van der Waals surface area (Å²) in [6, 6.07) is 2.16. The highest BCUT2D eigenvalue weighted by atomic mass is 35.5. The van der Waals surface area contributed by atoms with Crippen molar-refractivity contribution >= 4 is 18.4 Å². The van der Waals surface area contributed by atoms with Crippen LogP contribution in [0.15, 0.2) is 4.99 Å². The van der Waals surface area contributed by atoms with Gasteiger partial charge in [0, 0.05) is 13.1 Å². The molecule has 1 unspecified atom stereocenters. The van der Waals surface area contributed by atoms with Crippen molar-refractivity contribution in [2.24, 2.45) is 4.99 Å². The first kappa shape index (κ1) is 14.6. The Morgan fingerprint density at radius 3 is 2.87 bits per heavy atom. The highest BCUT2D eigenvalue weighted by Gasteiger charge is 2.22. The van der Waals surface area contributed by atoms with Gasteiger partial charge in [-0.1, -0.05) is 0 Å². The number of nitrogens with zero attached hydrogens (tertiary/aromatic N) is 3. The molecule has 15 heavy (non-hydrogen) atoms. The van der Waals surface area contributed by atoms with Gasteiger partial charge in [0.15, 0.2) is 0 Å². The van der Waals surface area contributed by atoms with E-state index >= 15 is 0 Å². The Labute approximate surface area is 98.3 Å². The molecule has 0 aromatic rings. The number of nitrogens with one attached hydrogen (secondary N) is 1. The van der Waals surface area contributed by atoms with E-state index in [9.17, 15) is 0 Å². The molecule has 1 saturated heterocycles. The maximum absolute atomic E-state index is 6.85. The molecule has 0 aliphatic carbocycles. The van der Waals surface area contributed by atoms with Crippen LogP contribution in [0.1, 0.15) is 19.3 Å². The fraction of sp³-hybridized carbons (Fsp3) is 0.900. The van der Waals surface area contributed by atoms with E-state index in [4.69, 9.17) is 5.41 Å². The SMILES string of the molecule is CN(C)CCCN1CCCC1N=C=N.Cl. The van der Waals surface area contributed by atoms with Crippen molar-refractivity contribution in [2.75, 3.05) is 33.7 Å². The third-order valence-corrected chi connectivity index (χ3v) is 2.59. The molecule has 0 saturated carbocycles. The van der Waals surface area contributed by atoms with Crippen LogP contribution in [0.4, 0.5) is 0 Å². The molecule has 1 aliphatic rings. The molecule has 5 heteroatoms. The van der Waals surface area contributed by atoms with Gasteiger partial charge in [0.05, 0.1) is 6.01 Å². The summed E-state index contributed by atoms with van der Waals surface area (Å²) in [6.07, 6.45) is 3.71. The number of rotatable bonds is 5. The van der Waals surface area contributed by atoms with Crippen LogP contribution in [0.5, 0.6) is 0 Å². The summed E-state index contributed by atoms with van der Waals surface area (Å²) in [5.74, 6) is 0. The minimum atomic E-state index is 0. The first-order valence-electron chi connectivity index (χ1n) is 5.24. The molecule has 0 amide bonds. The van der Waals surface area contributed by atoms with Crippen LogP contribution < -0.4 is 0 Å². The molecule has 0 aromatic carbocycles. The highest BCUT2D eigenvalue weighted by molar-refractivity contribution is 5.85. The van der Waals surface area contributed by atoms with Gasteiger partial charge in [-0.05, 0) is 39.9 Å². The number of aliphatic imine (C=N–C) groups is 1. The van der Waals surface area contributed by atoms with E-state index in [-0.39, 0.29) is 18.6 Å². The Morgan fingerprint density at radius 2 is 2.27 bits per heavy atom. The molecule has 0 spiro atoms. The maximum Gasteiger partial charge on any atom is 0.113 e. The van der Waals surface area contributed by atoms with Crippen molar-refractivity contribution in [1.82, 2.24) is 9.80 Å². The van der Waals surface area contributed by atoms with E-state index in [1.54, 1.807) is 0 Å². The summed E-state index contributed by atoms with van der Waals surface area (Å²) in [4.78, 5) is 8.58. The fourth-order valence-electron chi connectivity index (χ4n) is 1.88. The standard InChI is InChI=1S/C10H20N4.ClH/c1-13(2)6-4-8-14-7-3-5-10(14)12-9-11;/h10-11H,3-8H2,1-2H3;1H. The summed E-state index contributed by atoms with van der Waals surface area (Å²) in [5.41, 5.74) is 0. The van der Waals surface area contributed by atoms with Crippen LogP contribution in [0, 0.1) is 5.41 Å². The molecule has 1 N–H and O–H groups in total. The van der Waals surface area contributed by atoms with Gasteiger partial charge < -0.3 is 4.90 Å². The van der Waals surface area contributed by atoms with E-state index in [1.165, 1.54) is 12.8 Å². The van der Waals surface area contributed by atoms with Crippen molar-refractivity contribution in [3.8, 4) is 0 Å². The number of hydrogen-bond donors (Lipinski definition) is 1. The third kappa shape index (κ3) is 5.28. The molecule has 1 rings (SSSR count). The molecule has 1 aliphatic heterocycles. The number of hydrogen-bond acceptors (Lipinski definition) is 4. The fourth-order valence-corrected chi connectivity index (χ4v) is 1.88. The molecule has 1 heterocycles. The molecule has 1 fully saturated rings. The van der Waals surface area contributed by atoms with Gasteiger partial charge in [0.1, 0.15) is 6.17 Å². The van der Waals surface area contributed by atoms with E-state index in [1.807, 2.05) is 0 Å². The second kappa shape index (κ2) is 7.83. The van der Waals surface area contributed by atoms with Crippen molar-refractivity contribution in [3.63, 3.8) is 0 Å². The van der Waals surface area contributed by atoms with Gasteiger partial charge in [-0.2, -0.15) is 0 Å². The van der Waals surface area contributed by atoms with Gasteiger partial charge >= 0.3 is 0 Å². The lowest BCUT2D eigenvalue weighted by Crippen LogP contribution is -2.30. The molecule has 0 aromatic heterocycles. The van der Waals surface area contributed by atoms with E-state index in [0.717, 1.165) is 26.1 Å². The van der Waals surface area contributed by atoms with E-state index in [2.05, 4.69) is 34.9 Å². The maximum atomic E-state index is 6.85. The summed E-state index contributed by atoms with van der Waals surface area (Å²) in [5, 5.41) is 6.85. The zero-order valence-electron chi connectivity index (χ0n) is 9.57. The second-order valence-corrected chi connectivity index (χ2v) is 4.06. The van der Waals surface area contributed by atoms with Crippen LogP contribution in [0.2, 0.25) is 0 Å². The lowest BCUT2D eigenvalue weighted by molar-refractivity contribution is 0.244. The summed E-state index contributed by atoms with van der Waals surface area (Å²) in [6.45, 7) is 3.34. The predicted molar refractivity (Wildman–Crippen MR) is 65.2 cm³/mol. The number of halogens is 1. The molecule has 0 radical (unpaired) electrons. The second-order valence-electron chi connectivity index (χ2n) is 4.06. The van der Waals surface area contributed by atoms with E-state index in [0.29, 0.717) is 0 Å². The van der Waals surface area contributed by atoms with Crippen molar-refractivity contribution in [2.45, 2.75) is 25.4 Å². The Kier molecular flexibility index (Phi) is 7.61. The average Bonchev–Trinajstić information content (AvgIpc) is 2.53. The first-order valence-corrected chi connectivity index (χ1v) is 5.24. The Hall–Kier alpha value is -0.410. The largest absolute Gasteiger partial charge is 0.309 e. The smallest absolute Gasteiger partial charge is 0.113 e. The van der Waals surface area contributed by atoms with Crippen LogP contribution in [0.3, 0.4) is 0 Å². The summed E-state index contributed by atoms with van der Waals surface area (Å²) < 4.78 is 0. The van der Waals surface area contributed by atoms with Crippen molar-refractivity contribution in [3.05, 3.63) is 0 Å². The van der Waals surface area contributed by atoms with Crippen molar-refractivity contribution < 1.29 is 0 Å². The number of likely N-dealkylation sites (tertiary alicyclic amines) is 1. The monoisotopic (exact) mass is 232 g/mol. The Morgan fingerprint density at radius 1 is 1.53 bits per heavy atom. The lowest BCUT2D eigenvalue weighted by atomic mass is 10.3. The zero-order valence-corrected chi connectivity index (χ0v) is 10.4. The third-order valence-electron chi connectivity index (χ3n) is 2.59. The zero-order chi connectivity index (χ0) is 10.4. The van der Waals surface area contributed by atoms with Gasteiger partial charge in [-0.15, -0.1) is 12.4 Å². The lowest BCUT2D eigenvalue weighted by Gasteiger charge is -2.20. The van der Waals surface area contributed by atoms with Crippen LogP contribution in [-0.2, 0) is 0 Å².